The van der Waals surface area contributed by atoms with Gasteiger partial charge in [-0.15, -0.1) is 0 Å². The summed E-state index contributed by atoms with van der Waals surface area (Å²) in [5, 5.41) is 11.2. The average Bonchev–Trinajstić information content (AvgIpc) is 3.67. The van der Waals surface area contributed by atoms with Gasteiger partial charge in [-0.3, -0.25) is 0 Å². The summed E-state index contributed by atoms with van der Waals surface area (Å²) in [5.74, 6) is 1.40. The van der Waals surface area contributed by atoms with Crippen molar-refractivity contribution in [3.8, 4) is 0 Å². The fourth-order valence-corrected chi connectivity index (χ4v) is 11.0. The van der Waals surface area contributed by atoms with Crippen molar-refractivity contribution in [1.29, 1.82) is 0 Å². The Kier molecular flexibility index (Phi) is 11.9. The largest absolute Gasteiger partial charge is 0.508 e. The lowest BCUT2D eigenvalue weighted by molar-refractivity contribution is -0.0245. The standard InChI is InChI=1S/C41H70O6Si2/c1-28(17-22-36(42)41(24-25-41)45-37(43)44-10)33-20-21-34-30(16-15-23-40(33,34)9)18-19-31-26-32(46-48(11,12)38(3,4)5)27-35(29(31)2)47-49(13,14)39(6,7)8/h17-19,22,28,32-36,42H,2,15-16,20-21,23-27H2,1,3-14H3/b22-17+,30-18+,31-19-/t28-,32-,33-,34+,35+,36-,40-/m1/s1. The van der Waals surface area contributed by atoms with Gasteiger partial charge in [0.25, 0.3) is 0 Å². The molecule has 0 amide bonds. The highest BCUT2D eigenvalue weighted by Crippen LogP contribution is 2.60. The number of aliphatic hydroxyl groups is 1. The van der Waals surface area contributed by atoms with Crippen LogP contribution < -0.4 is 0 Å². The van der Waals surface area contributed by atoms with Crippen molar-refractivity contribution in [1.82, 2.24) is 0 Å². The second kappa shape index (κ2) is 14.5. The Balaban J connectivity index is 1.54. The van der Waals surface area contributed by atoms with E-state index < -0.39 is 34.5 Å². The molecule has 1 N–H and O–H groups in total. The minimum Gasteiger partial charge on any atom is -0.438 e. The summed E-state index contributed by atoms with van der Waals surface area (Å²) in [6, 6.07) is 0. The fourth-order valence-electron chi connectivity index (χ4n) is 8.29. The van der Waals surface area contributed by atoms with Crippen LogP contribution in [0, 0.1) is 23.2 Å². The number of hydrogen-bond donors (Lipinski definition) is 1. The van der Waals surface area contributed by atoms with E-state index in [9.17, 15) is 9.90 Å². The average molecular weight is 715 g/mol. The van der Waals surface area contributed by atoms with E-state index in [4.69, 9.17) is 13.6 Å². The summed E-state index contributed by atoms with van der Waals surface area (Å²) in [6.07, 6.45) is 16.5. The molecule has 0 aromatic heterocycles. The molecule has 0 aromatic carbocycles. The molecule has 7 atom stereocenters. The molecule has 0 heterocycles. The van der Waals surface area contributed by atoms with Gasteiger partial charge in [-0.25, -0.2) is 4.79 Å². The summed E-state index contributed by atoms with van der Waals surface area (Å²) < 4.78 is 24.3. The molecule has 49 heavy (non-hydrogen) atoms. The number of rotatable bonds is 10. The number of aliphatic hydroxyl groups excluding tert-OH is 1. The second-order valence-corrected chi connectivity index (χ2v) is 28.7. The van der Waals surface area contributed by atoms with E-state index in [0.29, 0.717) is 30.6 Å². The van der Waals surface area contributed by atoms with Gasteiger partial charge in [0.1, 0.15) is 11.7 Å². The van der Waals surface area contributed by atoms with Gasteiger partial charge in [-0.1, -0.05) is 91.8 Å². The molecule has 0 bridgehead atoms. The second-order valence-electron chi connectivity index (χ2n) is 19.2. The molecule has 4 aliphatic rings. The number of allylic oxidation sites excluding steroid dienone is 4. The number of hydrogen-bond acceptors (Lipinski definition) is 6. The highest BCUT2D eigenvalue weighted by Gasteiger charge is 2.54. The van der Waals surface area contributed by atoms with Gasteiger partial charge < -0.3 is 23.4 Å². The molecule has 0 spiro atoms. The van der Waals surface area contributed by atoms with Gasteiger partial charge in [-0.05, 0) is 122 Å². The first-order valence-corrected chi connectivity index (χ1v) is 24.9. The highest BCUT2D eigenvalue weighted by atomic mass is 28.4. The van der Waals surface area contributed by atoms with E-state index in [1.807, 2.05) is 6.08 Å². The molecule has 0 saturated heterocycles. The van der Waals surface area contributed by atoms with Crippen LogP contribution in [-0.4, -0.2) is 58.9 Å². The summed E-state index contributed by atoms with van der Waals surface area (Å²) in [4.78, 5) is 11.7. The van der Waals surface area contributed by atoms with Crippen LogP contribution >= 0.6 is 0 Å². The molecule has 278 valence electrons. The lowest BCUT2D eigenvalue weighted by atomic mass is 9.61. The fraction of sp³-hybridized carbons (Fsp3) is 0.780. The summed E-state index contributed by atoms with van der Waals surface area (Å²) in [6.45, 7) is 32.8. The zero-order chi connectivity index (χ0) is 36.8. The Hall–Kier alpha value is -1.46. The molecule has 0 radical (unpaired) electrons. The van der Waals surface area contributed by atoms with E-state index in [1.165, 1.54) is 38.4 Å². The maximum Gasteiger partial charge on any atom is 0.508 e. The Morgan fingerprint density at radius 2 is 1.57 bits per heavy atom. The zero-order valence-corrected chi connectivity index (χ0v) is 35.3. The van der Waals surface area contributed by atoms with E-state index in [1.54, 1.807) is 5.57 Å². The lowest BCUT2D eigenvalue weighted by Crippen LogP contribution is -2.49. The molecular weight excluding hydrogens is 645 g/mol. The van der Waals surface area contributed by atoms with Gasteiger partial charge in [0.15, 0.2) is 16.6 Å². The third-order valence-corrected chi connectivity index (χ3v) is 22.8. The van der Waals surface area contributed by atoms with Gasteiger partial charge in [-0.2, -0.15) is 0 Å². The summed E-state index contributed by atoms with van der Waals surface area (Å²) in [5.41, 5.74) is 3.39. The number of carbonyl (C=O) groups is 1. The van der Waals surface area contributed by atoms with Crippen molar-refractivity contribution in [2.24, 2.45) is 23.2 Å². The van der Waals surface area contributed by atoms with Crippen molar-refractivity contribution in [2.45, 2.75) is 173 Å². The Morgan fingerprint density at radius 3 is 2.14 bits per heavy atom. The Morgan fingerprint density at radius 1 is 0.959 bits per heavy atom. The smallest absolute Gasteiger partial charge is 0.438 e. The monoisotopic (exact) mass is 714 g/mol. The van der Waals surface area contributed by atoms with Crippen LogP contribution in [0.4, 0.5) is 4.79 Å². The van der Waals surface area contributed by atoms with Crippen LogP contribution in [0.2, 0.25) is 36.3 Å². The van der Waals surface area contributed by atoms with Crippen molar-refractivity contribution in [3.63, 3.8) is 0 Å². The van der Waals surface area contributed by atoms with Crippen molar-refractivity contribution in [2.75, 3.05) is 7.11 Å². The molecule has 4 aliphatic carbocycles. The molecular formula is C41H70O6Si2. The van der Waals surface area contributed by atoms with E-state index in [0.717, 1.165) is 24.8 Å². The summed E-state index contributed by atoms with van der Waals surface area (Å²) in [7, 11) is -2.68. The van der Waals surface area contributed by atoms with E-state index in [-0.39, 0.29) is 27.7 Å². The topological polar surface area (TPSA) is 74.2 Å². The Bertz CT molecular complexity index is 1310. The number of ether oxygens (including phenoxy) is 2. The van der Waals surface area contributed by atoms with Crippen molar-refractivity contribution < 1.29 is 28.2 Å². The van der Waals surface area contributed by atoms with Gasteiger partial charge in [0.05, 0.1) is 19.3 Å². The summed E-state index contributed by atoms with van der Waals surface area (Å²) >= 11 is 0. The quantitative estimate of drug-likeness (QED) is 0.138. The maximum absolute atomic E-state index is 11.7. The predicted molar refractivity (Wildman–Crippen MR) is 207 cm³/mol. The molecule has 0 aromatic rings. The van der Waals surface area contributed by atoms with E-state index in [2.05, 4.69) is 111 Å². The first kappa shape index (κ1) is 40.3. The van der Waals surface area contributed by atoms with E-state index >= 15 is 0 Å². The van der Waals surface area contributed by atoms with Crippen molar-refractivity contribution in [3.05, 3.63) is 47.6 Å². The van der Waals surface area contributed by atoms with Gasteiger partial charge in [0.2, 0.25) is 0 Å². The normalized spacial score (nSPS) is 32.3. The Labute approximate surface area is 301 Å². The molecule has 4 rings (SSSR count). The first-order chi connectivity index (χ1) is 22.5. The molecule has 6 nitrogen and oxygen atoms in total. The van der Waals surface area contributed by atoms with Crippen LogP contribution in [0.15, 0.2) is 47.6 Å². The first-order valence-electron chi connectivity index (χ1n) is 19.0. The van der Waals surface area contributed by atoms with Crippen LogP contribution in [0.3, 0.4) is 0 Å². The third-order valence-electron chi connectivity index (χ3n) is 13.7. The zero-order valence-electron chi connectivity index (χ0n) is 33.3. The molecule has 0 unspecified atom stereocenters. The molecule has 0 aliphatic heterocycles. The predicted octanol–water partition coefficient (Wildman–Crippen LogP) is 11.1. The minimum absolute atomic E-state index is 0.0164. The number of fused-ring (bicyclic) bond motifs is 1. The number of methoxy groups -OCH3 is 1. The van der Waals surface area contributed by atoms with Crippen LogP contribution in [0.1, 0.15) is 113 Å². The van der Waals surface area contributed by atoms with Gasteiger partial charge in [0, 0.05) is 6.42 Å². The maximum atomic E-state index is 11.7. The third kappa shape index (κ3) is 8.78. The SMILES string of the molecule is C=C1/C(=C\C=C2/CCC[C@]3(C)[C@@H]([C@H](C)/C=C/[C@@H](O)C4(OC(=O)OC)CC4)CC[C@@H]23)C[C@@H](O[Si](C)(C)C(C)(C)C)C[C@@H]1O[Si](C)(C)C(C)(C)C. The highest BCUT2D eigenvalue weighted by molar-refractivity contribution is 6.74. The molecule has 4 saturated carbocycles. The molecule has 4 fully saturated rings. The van der Waals surface area contributed by atoms with Crippen molar-refractivity contribution >= 4 is 22.8 Å². The van der Waals surface area contributed by atoms with Crippen LogP contribution in [0.25, 0.3) is 0 Å². The van der Waals surface area contributed by atoms with Crippen LogP contribution in [-0.2, 0) is 18.3 Å². The number of carbonyl (C=O) groups excluding carboxylic acids is 1. The van der Waals surface area contributed by atoms with Gasteiger partial charge >= 0.3 is 6.16 Å². The molecule has 8 heteroatoms. The van der Waals surface area contributed by atoms with Crippen LogP contribution in [0.5, 0.6) is 0 Å². The lowest BCUT2D eigenvalue weighted by Gasteiger charge is -2.45. The minimum atomic E-state index is -2.02.